The molecule has 1 aliphatic heterocycles. The van der Waals surface area contributed by atoms with Crippen molar-refractivity contribution in [3.63, 3.8) is 0 Å². The van der Waals surface area contributed by atoms with Crippen LogP contribution in [-0.4, -0.2) is 58.5 Å². The zero-order chi connectivity index (χ0) is 20.9. The molecule has 1 fully saturated rings. The zero-order valence-corrected chi connectivity index (χ0v) is 17.8. The normalized spacial score (nSPS) is 15.8. The van der Waals surface area contributed by atoms with E-state index in [2.05, 4.69) is 5.32 Å². The Bertz CT molecular complexity index is 925. The highest BCUT2D eigenvalue weighted by atomic mass is 35.5. The molecular formula is C20H25ClN3O4S+. The van der Waals surface area contributed by atoms with E-state index in [4.69, 9.17) is 16.3 Å². The van der Waals surface area contributed by atoms with Gasteiger partial charge in [-0.3, -0.25) is 4.79 Å². The Balaban J connectivity index is 1.45. The highest BCUT2D eigenvalue weighted by Crippen LogP contribution is 2.18. The number of nitrogens with zero attached hydrogens (tertiary/aromatic N) is 1. The summed E-state index contributed by atoms with van der Waals surface area (Å²) in [6.07, 6.45) is 0.380. The standard InChI is InChI=1S/C20H24ClN3O4S/c1-28-18-6-4-17(5-7-18)22-20(25)10-11-23-12-14-24(15-13-23)29(26,27)19-8-2-16(21)3-9-19/h2-9H,10-15H2,1H3,(H,22,25)/p+1. The molecule has 1 heterocycles. The van der Waals surface area contributed by atoms with Crippen LogP contribution in [0.2, 0.25) is 5.02 Å². The summed E-state index contributed by atoms with van der Waals surface area (Å²) in [4.78, 5) is 13.6. The number of methoxy groups -OCH3 is 1. The van der Waals surface area contributed by atoms with Crippen molar-refractivity contribution in [2.45, 2.75) is 11.3 Å². The molecule has 7 nitrogen and oxygen atoms in total. The van der Waals surface area contributed by atoms with Gasteiger partial charge in [0.05, 0.1) is 51.1 Å². The lowest BCUT2D eigenvalue weighted by atomic mass is 10.2. The van der Waals surface area contributed by atoms with Gasteiger partial charge in [-0.15, -0.1) is 0 Å². The lowest BCUT2D eigenvalue weighted by Gasteiger charge is -2.31. The third kappa shape index (κ3) is 5.70. The molecule has 1 aliphatic rings. The predicted octanol–water partition coefficient (Wildman–Crippen LogP) is 1.27. The topological polar surface area (TPSA) is 80.2 Å². The molecule has 0 saturated carbocycles. The summed E-state index contributed by atoms with van der Waals surface area (Å²) in [6.45, 7) is 2.86. The van der Waals surface area contributed by atoms with Gasteiger partial charge in [-0.05, 0) is 48.5 Å². The Hall–Kier alpha value is -2.13. The van der Waals surface area contributed by atoms with Crippen LogP contribution >= 0.6 is 11.6 Å². The summed E-state index contributed by atoms with van der Waals surface area (Å²) in [5, 5.41) is 3.37. The van der Waals surface area contributed by atoms with Gasteiger partial charge < -0.3 is 15.0 Å². The summed E-state index contributed by atoms with van der Waals surface area (Å²) in [6, 6.07) is 13.4. The summed E-state index contributed by atoms with van der Waals surface area (Å²) in [5.74, 6) is 0.678. The average molecular weight is 439 g/mol. The molecule has 156 valence electrons. The van der Waals surface area contributed by atoms with Crippen LogP contribution in [0.15, 0.2) is 53.4 Å². The van der Waals surface area contributed by atoms with Gasteiger partial charge in [0.1, 0.15) is 5.75 Å². The Morgan fingerprint density at radius 2 is 1.72 bits per heavy atom. The van der Waals surface area contributed by atoms with Gasteiger partial charge in [-0.25, -0.2) is 8.42 Å². The van der Waals surface area contributed by atoms with E-state index >= 15 is 0 Å². The Morgan fingerprint density at radius 3 is 2.31 bits per heavy atom. The molecule has 0 spiro atoms. The molecule has 0 aliphatic carbocycles. The van der Waals surface area contributed by atoms with Crippen LogP contribution < -0.4 is 15.0 Å². The van der Waals surface area contributed by atoms with E-state index in [0.717, 1.165) is 11.4 Å². The third-order valence-corrected chi connectivity index (χ3v) is 7.13. The van der Waals surface area contributed by atoms with Gasteiger partial charge in [0.25, 0.3) is 0 Å². The number of halogens is 1. The second kappa shape index (κ2) is 9.58. The number of sulfonamides is 1. The van der Waals surface area contributed by atoms with Crippen molar-refractivity contribution in [2.75, 3.05) is 45.2 Å². The van der Waals surface area contributed by atoms with E-state index in [1.807, 2.05) is 0 Å². The molecule has 29 heavy (non-hydrogen) atoms. The number of nitrogens with one attached hydrogen (secondary N) is 2. The maximum absolute atomic E-state index is 12.7. The number of hydrogen-bond donors (Lipinski definition) is 2. The summed E-state index contributed by atoms with van der Waals surface area (Å²) >= 11 is 5.84. The second-order valence-corrected chi connectivity index (χ2v) is 9.26. The summed E-state index contributed by atoms with van der Waals surface area (Å²) in [7, 11) is -1.91. The van der Waals surface area contributed by atoms with Crippen LogP contribution in [-0.2, 0) is 14.8 Å². The summed E-state index contributed by atoms with van der Waals surface area (Å²) < 4.78 is 32.0. The molecule has 1 saturated heterocycles. The number of piperazine rings is 1. The maximum Gasteiger partial charge on any atom is 0.243 e. The fourth-order valence-corrected chi connectivity index (χ4v) is 4.80. The number of benzene rings is 2. The molecule has 9 heteroatoms. The van der Waals surface area contributed by atoms with E-state index < -0.39 is 10.0 Å². The minimum atomic E-state index is -3.51. The fraction of sp³-hybridized carbons (Fsp3) is 0.350. The number of amides is 1. The van der Waals surface area contributed by atoms with Crippen molar-refractivity contribution in [2.24, 2.45) is 0 Å². The van der Waals surface area contributed by atoms with Crippen LogP contribution in [0.25, 0.3) is 0 Å². The van der Waals surface area contributed by atoms with Gasteiger partial charge in [-0.1, -0.05) is 11.6 Å². The van der Waals surface area contributed by atoms with Crippen LogP contribution in [0.3, 0.4) is 0 Å². The molecule has 2 N–H and O–H groups in total. The molecule has 3 rings (SSSR count). The number of anilines is 1. The Labute approximate surface area is 176 Å². The first-order chi connectivity index (χ1) is 13.9. The van der Waals surface area contributed by atoms with Crippen LogP contribution in [0.1, 0.15) is 6.42 Å². The molecule has 0 atom stereocenters. The number of quaternary nitrogens is 1. The van der Waals surface area contributed by atoms with Crippen molar-refractivity contribution in [3.8, 4) is 5.75 Å². The minimum Gasteiger partial charge on any atom is -0.497 e. The van der Waals surface area contributed by atoms with Gasteiger partial charge in [0.15, 0.2) is 0 Å². The quantitative estimate of drug-likeness (QED) is 0.682. The Morgan fingerprint density at radius 1 is 1.10 bits per heavy atom. The van der Waals surface area contributed by atoms with Gasteiger partial charge in [-0.2, -0.15) is 4.31 Å². The van der Waals surface area contributed by atoms with Crippen molar-refractivity contribution in [1.29, 1.82) is 0 Å². The van der Waals surface area contributed by atoms with Crippen molar-refractivity contribution >= 4 is 33.2 Å². The van der Waals surface area contributed by atoms with Crippen molar-refractivity contribution in [1.82, 2.24) is 4.31 Å². The van der Waals surface area contributed by atoms with Gasteiger partial charge in [0, 0.05) is 10.7 Å². The number of carbonyl (C=O) groups is 1. The molecule has 0 radical (unpaired) electrons. The number of ether oxygens (including phenoxy) is 1. The van der Waals surface area contributed by atoms with Gasteiger partial charge >= 0.3 is 0 Å². The van der Waals surface area contributed by atoms with Crippen molar-refractivity contribution < 1.29 is 22.8 Å². The first-order valence-electron chi connectivity index (χ1n) is 9.41. The predicted molar refractivity (Wildman–Crippen MR) is 112 cm³/mol. The largest absolute Gasteiger partial charge is 0.497 e. The highest BCUT2D eigenvalue weighted by Gasteiger charge is 2.30. The van der Waals surface area contributed by atoms with E-state index in [1.54, 1.807) is 43.5 Å². The van der Waals surface area contributed by atoms with E-state index in [1.165, 1.54) is 21.3 Å². The van der Waals surface area contributed by atoms with Crippen LogP contribution in [0.4, 0.5) is 5.69 Å². The second-order valence-electron chi connectivity index (χ2n) is 6.88. The van der Waals surface area contributed by atoms with Gasteiger partial charge in [0.2, 0.25) is 15.9 Å². The van der Waals surface area contributed by atoms with Crippen LogP contribution in [0.5, 0.6) is 5.75 Å². The molecular weight excluding hydrogens is 414 g/mol. The first-order valence-corrected chi connectivity index (χ1v) is 11.2. The number of carbonyl (C=O) groups excluding carboxylic acids is 1. The molecule has 0 aromatic heterocycles. The Kier molecular flexibility index (Phi) is 7.13. The van der Waals surface area contributed by atoms with Crippen LogP contribution in [0, 0.1) is 0 Å². The SMILES string of the molecule is COc1ccc(NC(=O)CC[NH+]2CCN(S(=O)(=O)c3ccc(Cl)cc3)CC2)cc1. The lowest BCUT2D eigenvalue weighted by molar-refractivity contribution is -0.903. The van der Waals surface area contributed by atoms with E-state index in [0.29, 0.717) is 44.2 Å². The maximum atomic E-state index is 12.7. The number of rotatable bonds is 7. The molecule has 0 bridgehead atoms. The summed E-state index contributed by atoms with van der Waals surface area (Å²) in [5.41, 5.74) is 0.727. The molecule has 0 unspecified atom stereocenters. The smallest absolute Gasteiger partial charge is 0.243 e. The first kappa shape index (κ1) is 21.6. The molecule has 1 amide bonds. The van der Waals surface area contributed by atoms with Crippen molar-refractivity contribution in [3.05, 3.63) is 53.6 Å². The third-order valence-electron chi connectivity index (χ3n) is 4.96. The monoisotopic (exact) mass is 438 g/mol. The fourth-order valence-electron chi connectivity index (χ4n) is 3.24. The minimum absolute atomic E-state index is 0.0566. The van der Waals surface area contributed by atoms with E-state index in [-0.39, 0.29) is 10.8 Å². The lowest BCUT2D eigenvalue weighted by Crippen LogP contribution is -3.14. The molecule has 2 aromatic rings. The van der Waals surface area contributed by atoms with E-state index in [9.17, 15) is 13.2 Å². The molecule has 2 aromatic carbocycles. The highest BCUT2D eigenvalue weighted by molar-refractivity contribution is 7.89. The number of hydrogen-bond acceptors (Lipinski definition) is 4. The zero-order valence-electron chi connectivity index (χ0n) is 16.2. The average Bonchev–Trinajstić information content (AvgIpc) is 2.73.